The predicted molar refractivity (Wildman–Crippen MR) is 47.8 cm³/mol. The Hall–Kier alpha value is -1.01. The van der Waals surface area contributed by atoms with Gasteiger partial charge in [0.1, 0.15) is 0 Å². The Morgan fingerprint density at radius 1 is 1.77 bits per heavy atom. The van der Waals surface area contributed by atoms with Crippen molar-refractivity contribution in [1.82, 2.24) is 9.55 Å². The molecule has 1 aromatic heterocycles. The highest BCUT2D eigenvalue weighted by Crippen LogP contribution is 2.27. The molecule has 1 aliphatic rings. The van der Waals surface area contributed by atoms with E-state index in [4.69, 9.17) is 10.8 Å². The van der Waals surface area contributed by atoms with E-state index < -0.39 is 5.97 Å². The fourth-order valence-corrected chi connectivity index (χ4v) is 2.38. The van der Waals surface area contributed by atoms with Crippen molar-refractivity contribution < 1.29 is 9.90 Å². The molecule has 0 aromatic carbocycles. The summed E-state index contributed by atoms with van der Waals surface area (Å²) in [6.45, 7) is 1.04. The third-order valence-electron chi connectivity index (χ3n) is 1.98. The van der Waals surface area contributed by atoms with E-state index in [1.165, 1.54) is 0 Å². The summed E-state index contributed by atoms with van der Waals surface area (Å²) in [5.41, 5.74) is 6.21. The van der Waals surface area contributed by atoms with E-state index in [1.807, 2.05) is 4.57 Å². The Morgan fingerprint density at radius 2 is 2.54 bits per heavy atom. The second-order valence-electron chi connectivity index (χ2n) is 2.70. The van der Waals surface area contributed by atoms with Crippen LogP contribution in [0.25, 0.3) is 0 Å². The molecule has 0 radical (unpaired) electrons. The zero-order valence-corrected chi connectivity index (χ0v) is 7.67. The smallest absolute Gasteiger partial charge is 0.356 e. The van der Waals surface area contributed by atoms with Gasteiger partial charge in [-0.1, -0.05) is 11.8 Å². The van der Waals surface area contributed by atoms with E-state index in [0.717, 1.165) is 17.5 Å². The lowest BCUT2D eigenvalue weighted by atomic mass is 10.3. The molecular weight excluding hydrogens is 190 g/mol. The van der Waals surface area contributed by atoms with Crippen LogP contribution in [0.4, 0.5) is 0 Å². The second kappa shape index (κ2) is 3.04. The molecule has 0 saturated heterocycles. The summed E-state index contributed by atoms with van der Waals surface area (Å²) < 4.78 is 1.88. The van der Waals surface area contributed by atoms with Gasteiger partial charge in [-0.15, -0.1) is 0 Å². The van der Waals surface area contributed by atoms with Crippen molar-refractivity contribution in [2.45, 2.75) is 18.2 Å². The Balaban J connectivity index is 2.53. The lowest BCUT2D eigenvalue weighted by molar-refractivity contribution is 0.0689. The molecule has 1 aromatic rings. The van der Waals surface area contributed by atoms with Gasteiger partial charge < -0.3 is 15.4 Å². The van der Waals surface area contributed by atoms with E-state index in [9.17, 15) is 4.79 Å². The maximum atomic E-state index is 10.7. The molecule has 2 heterocycles. The van der Waals surface area contributed by atoms with E-state index in [-0.39, 0.29) is 12.2 Å². The van der Waals surface area contributed by atoms with Crippen molar-refractivity contribution in [2.75, 3.05) is 5.75 Å². The van der Waals surface area contributed by atoms with Gasteiger partial charge in [-0.2, -0.15) is 0 Å². The first-order valence-electron chi connectivity index (χ1n) is 3.89. The Morgan fingerprint density at radius 3 is 3.15 bits per heavy atom. The van der Waals surface area contributed by atoms with E-state index >= 15 is 0 Å². The number of imidazole rings is 1. The van der Waals surface area contributed by atoms with Crippen LogP contribution in [-0.2, 0) is 13.1 Å². The number of carboxylic acid groups (broad SMARTS) is 1. The van der Waals surface area contributed by atoms with Crippen molar-refractivity contribution in [2.24, 2.45) is 5.73 Å². The van der Waals surface area contributed by atoms with Gasteiger partial charge in [0.25, 0.3) is 0 Å². The lowest BCUT2D eigenvalue weighted by Gasteiger charge is -2.00. The van der Waals surface area contributed by atoms with Crippen LogP contribution in [0.3, 0.4) is 0 Å². The van der Waals surface area contributed by atoms with E-state index in [0.29, 0.717) is 5.69 Å². The molecule has 0 spiro atoms. The first-order valence-corrected chi connectivity index (χ1v) is 4.88. The van der Waals surface area contributed by atoms with Crippen LogP contribution in [0.5, 0.6) is 0 Å². The largest absolute Gasteiger partial charge is 0.476 e. The van der Waals surface area contributed by atoms with Crippen LogP contribution in [0.15, 0.2) is 5.16 Å². The molecule has 3 N–H and O–H groups in total. The minimum Gasteiger partial charge on any atom is -0.476 e. The number of rotatable bonds is 2. The zero-order valence-electron chi connectivity index (χ0n) is 6.86. The van der Waals surface area contributed by atoms with Crippen molar-refractivity contribution >= 4 is 17.7 Å². The molecular formula is C7H9N3O2S. The first kappa shape index (κ1) is 8.58. The monoisotopic (exact) mass is 199 g/mol. The normalized spacial score (nSPS) is 14.5. The molecule has 5 nitrogen and oxygen atoms in total. The highest BCUT2D eigenvalue weighted by Gasteiger charge is 2.23. The minimum atomic E-state index is -0.997. The summed E-state index contributed by atoms with van der Waals surface area (Å²) in [4.78, 5) is 14.8. The Labute approximate surface area is 78.9 Å². The number of nitrogens with two attached hydrogens (primary N) is 1. The number of aromatic nitrogens is 2. The number of hydrogen-bond acceptors (Lipinski definition) is 4. The third-order valence-corrected chi connectivity index (χ3v) is 2.94. The SMILES string of the molecule is NCc1c(C(=O)O)nc2n1CCS2. The quantitative estimate of drug-likeness (QED) is 0.708. The number of carbonyl (C=O) groups is 1. The second-order valence-corrected chi connectivity index (χ2v) is 3.76. The van der Waals surface area contributed by atoms with Gasteiger partial charge in [-0.3, -0.25) is 0 Å². The van der Waals surface area contributed by atoms with Gasteiger partial charge in [-0.05, 0) is 0 Å². The van der Waals surface area contributed by atoms with Crippen LogP contribution in [-0.4, -0.2) is 26.4 Å². The van der Waals surface area contributed by atoms with E-state index in [1.54, 1.807) is 11.8 Å². The standard InChI is InChI=1S/C7H9N3O2S/c8-3-4-5(6(11)12)9-7-10(4)1-2-13-7/h1-3,8H2,(H,11,12). The number of nitrogens with zero attached hydrogens (tertiary/aromatic N) is 2. The van der Waals surface area contributed by atoms with Gasteiger partial charge in [0.2, 0.25) is 0 Å². The highest BCUT2D eigenvalue weighted by molar-refractivity contribution is 7.99. The summed E-state index contributed by atoms with van der Waals surface area (Å²) in [6.07, 6.45) is 0. The molecule has 6 heteroatoms. The number of carboxylic acids is 1. The summed E-state index contributed by atoms with van der Waals surface area (Å²) in [7, 11) is 0. The number of hydrogen-bond donors (Lipinski definition) is 2. The number of aromatic carboxylic acids is 1. The van der Waals surface area contributed by atoms with Gasteiger partial charge in [-0.25, -0.2) is 9.78 Å². The first-order chi connectivity index (χ1) is 6.24. The van der Waals surface area contributed by atoms with E-state index in [2.05, 4.69) is 4.98 Å². The predicted octanol–water partition coefficient (Wildman–Crippen LogP) is 0.146. The molecule has 0 fully saturated rings. The van der Waals surface area contributed by atoms with Crippen LogP contribution in [0, 0.1) is 0 Å². The van der Waals surface area contributed by atoms with Gasteiger partial charge in [0, 0.05) is 18.8 Å². The molecule has 0 unspecified atom stereocenters. The molecule has 0 saturated carbocycles. The zero-order chi connectivity index (χ0) is 9.42. The average molecular weight is 199 g/mol. The lowest BCUT2D eigenvalue weighted by Crippen LogP contribution is -2.11. The molecule has 0 atom stereocenters. The molecule has 1 aliphatic heterocycles. The summed E-state index contributed by atoms with van der Waals surface area (Å²) in [6, 6.07) is 0. The van der Waals surface area contributed by atoms with Gasteiger partial charge in [0.05, 0.1) is 5.69 Å². The summed E-state index contributed by atoms with van der Waals surface area (Å²) in [5, 5.41) is 9.59. The number of fused-ring (bicyclic) bond motifs is 1. The van der Waals surface area contributed by atoms with Crippen molar-refractivity contribution in [3.63, 3.8) is 0 Å². The van der Waals surface area contributed by atoms with Gasteiger partial charge >= 0.3 is 5.97 Å². The maximum Gasteiger partial charge on any atom is 0.356 e. The average Bonchev–Trinajstić information content (AvgIpc) is 2.60. The molecule has 0 amide bonds. The fourth-order valence-electron chi connectivity index (χ4n) is 1.41. The van der Waals surface area contributed by atoms with Crippen LogP contribution >= 0.6 is 11.8 Å². The summed E-state index contributed by atoms with van der Waals surface area (Å²) in [5.74, 6) is -0.0437. The van der Waals surface area contributed by atoms with Crippen molar-refractivity contribution in [3.8, 4) is 0 Å². The van der Waals surface area contributed by atoms with Gasteiger partial charge in [0.15, 0.2) is 10.9 Å². The topological polar surface area (TPSA) is 81.1 Å². The molecule has 0 aliphatic carbocycles. The Bertz CT molecular complexity index is 361. The van der Waals surface area contributed by atoms with Crippen LogP contribution in [0.1, 0.15) is 16.2 Å². The fraction of sp³-hybridized carbons (Fsp3) is 0.429. The molecule has 2 rings (SSSR count). The molecule has 13 heavy (non-hydrogen) atoms. The number of thioether (sulfide) groups is 1. The van der Waals surface area contributed by atoms with Crippen molar-refractivity contribution in [3.05, 3.63) is 11.4 Å². The summed E-state index contributed by atoms with van der Waals surface area (Å²) >= 11 is 1.57. The molecule has 70 valence electrons. The Kier molecular flexibility index (Phi) is 2.01. The molecule has 0 bridgehead atoms. The minimum absolute atomic E-state index is 0.102. The maximum absolute atomic E-state index is 10.7. The third kappa shape index (κ3) is 1.22. The highest BCUT2D eigenvalue weighted by atomic mass is 32.2. The van der Waals surface area contributed by atoms with Crippen LogP contribution in [0.2, 0.25) is 0 Å². The van der Waals surface area contributed by atoms with Crippen molar-refractivity contribution in [1.29, 1.82) is 0 Å². The van der Waals surface area contributed by atoms with Crippen LogP contribution < -0.4 is 5.73 Å².